The normalized spacial score (nSPS) is 10.9. The monoisotopic (exact) mass is 491 g/mol. The van der Waals surface area contributed by atoms with Crippen molar-refractivity contribution in [2.24, 2.45) is 0 Å². The largest absolute Gasteiger partial charge is 0.486 e. The second-order valence-electron chi connectivity index (χ2n) is 7.39. The quantitative estimate of drug-likeness (QED) is 0.208. The van der Waals surface area contributed by atoms with Gasteiger partial charge in [-0.25, -0.2) is 26.3 Å². The number of nitrogens with one attached hydrogen (secondary N) is 1. The van der Waals surface area contributed by atoms with E-state index in [4.69, 9.17) is 4.74 Å². The third kappa shape index (κ3) is 5.45. The highest BCUT2D eigenvalue weighted by Gasteiger charge is 2.20. The number of amides is 1. The molecule has 4 rings (SSSR count). The van der Waals surface area contributed by atoms with E-state index in [1.54, 1.807) is 12.1 Å². The fourth-order valence-electron chi connectivity index (χ4n) is 3.18. The summed E-state index contributed by atoms with van der Waals surface area (Å²) in [5.74, 6) is -8.69. The van der Waals surface area contributed by atoms with Crippen LogP contribution in [0.1, 0.15) is 21.5 Å². The van der Waals surface area contributed by atoms with Crippen LogP contribution in [-0.2, 0) is 13.2 Å². The third-order valence-corrected chi connectivity index (χ3v) is 4.90. The number of nitrogens with zero attached hydrogens (tertiary/aromatic N) is 2. The molecule has 0 aliphatic heterocycles. The molecule has 5 nitrogen and oxygen atoms in total. The van der Waals surface area contributed by atoms with Gasteiger partial charge in [0.25, 0.3) is 5.91 Å². The average molecular weight is 491 g/mol. The van der Waals surface area contributed by atoms with Crippen LogP contribution in [0.2, 0.25) is 0 Å². The maximum absolute atomic E-state index is 13.9. The smallest absolute Gasteiger partial charge is 0.255 e. The third-order valence-electron chi connectivity index (χ3n) is 4.90. The molecule has 35 heavy (non-hydrogen) atoms. The lowest BCUT2D eigenvalue weighted by atomic mass is 10.1. The van der Waals surface area contributed by atoms with Gasteiger partial charge in [-0.1, -0.05) is 12.1 Å². The highest BCUT2D eigenvalue weighted by Crippen LogP contribution is 2.21. The summed E-state index contributed by atoms with van der Waals surface area (Å²) in [6, 6.07) is 9.35. The zero-order chi connectivity index (χ0) is 25.1. The highest BCUT2D eigenvalue weighted by atomic mass is 19.2. The van der Waals surface area contributed by atoms with Crippen LogP contribution in [0.5, 0.6) is 5.75 Å². The predicted molar refractivity (Wildman–Crippen MR) is 113 cm³/mol. The van der Waals surface area contributed by atoms with E-state index < -0.39 is 52.9 Å². The molecule has 1 amide bonds. The number of aromatic nitrogens is 2. The summed E-state index contributed by atoms with van der Waals surface area (Å²) >= 11 is 0. The molecule has 1 N–H and O–H groups in total. The maximum Gasteiger partial charge on any atom is 0.255 e. The van der Waals surface area contributed by atoms with Gasteiger partial charge in [-0.3, -0.25) is 9.48 Å². The van der Waals surface area contributed by atoms with E-state index in [2.05, 4.69) is 10.4 Å². The van der Waals surface area contributed by atoms with E-state index in [0.717, 1.165) is 16.8 Å². The number of anilines is 1. The van der Waals surface area contributed by atoms with Crippen LogP contribution in [0.4, 0.5) is 32.0 Å². The number of ether oxygens (including phenoxy) is 1. The Morgan fingerprint density at radius 2 is 1.71 bits per heavy atom. The molecule has 0 unspecified atom stereocenters. The summed E-state index contributed by atoms with van der Waals surface area (Å²) in [6.07, 6.45) is 2.46. The average Bonchev–Trinajstić information content (AvgIpc) is 3.27. The van der Waals surface area contributed by atoms with Crippen molar-refractivity contribution in [1.29, 1.82) is 0 Å². The molecule has 0 atom stereocenters. The van der Waals surface area contributed by atoms with Gasteiger partial charge in [-0.2, -0.15) is 5.10 Å². The number of carbonyl (C=O) groups is 1. The minimum absolute atomic E-state index is 0.0903. The second kappa shape index (κ2) is 9.92. The van der Waals surface area contributed by atoms with E-state index in [9.17, 15) is 31.1 Å². The van der Waals surface area contributed by atoms with E-state index in [1.165, 1.54) is 24.5 Å². The number of halogens is 6. The van der Waals surface area contributed by atoms with Gasteiger partial charge >= 0.3 is 0 Å². The molecule has 4 aromatic rings. The van der Waals surface area contributed by atoms with Crippen LogP contribution >= 0.6 is 0 Å². The Morgan fingerprint density at radius 3 is 2.49 bits per heavy atom. The standard InChI is InChI=1S/C24H15F6N3O2/c25-15-4-5-21(19(27)7-15)35-12-13-2-1-3-14(6-13)24(34)32-16-9-31-33(10-16)11-17-18(26)8-20(28)23(30)22(17)29/h1-10H,11-12H2,(H,32,34). The number of hydrogen-bond donors (Lipinski definition) is 1. The first kappa shape index (κ1) is 23.9. The van der Waals surface area contributed by atoms with Gasteiger partial charge in [0, 0.05) is 29.5 Å². The highest BCUT2D eigenvalue weighted by molar-refractivity contribution is 6.04. The van der Waals surface area contributed by atoms with Crippen molar-refractivity contribution >= 4 is 11.6 Å². The molecule has 0 radical (unpaired) electrons. The molecule has 0 saturated carbocycles. The first-order valence-corrected chi connectivity index (χ1v) is 10.0. The molecule has 0 spiro atoms. The molecular formula is C24H15F6N3O2. The molecule has 0 saturated heterocycles. The number of carbonyl (C=O) groups excluding carboxylic acids is 1. The Hall–Kier alpha value is -4.28. The molecular weight excluding hydrogens is 476 g/mol. The van der Waals surface area contributed by atoms with Gasteiger partial charge in [-0.05, 0) is 29.8 Å². The Balaban J connectivity index is 1.41. The van der Waals surface area contributed by atoms with E-state index in [0.29, 0.717) is 11.6 Å². The van der Waals surface area contributed by atoms with E-state index in [1.807, 2.05) is 0 Å². The lowest BCUT2D eigenvalue weighted by molar-refractivity contribution is 0.102. The Kier molecular flexibility index (Phi) is 6.76. The van der Waals surface area contributed by atoms with Crippen LogP contribution in [-0.4, -0.2) is 15.7 Å². The topological polar surface area (TPSA) is 56.2 Å². The minimum atomic E-state index is -1.80. The van der Waals surface area contributed by atoms with Crippen LogP contribution in [0.15, 0.2) is 60.9 Å². The maximum atomic E-state index is 13.9. The summed E-state index contributed by atoms with van der Waals surface area (Å²) in [5, 5.41) is 6.40. The van der Waals surface area contributed by atoms with Crippen molar-refractivity contribution in [3.05, 3.63) is 113 Å². The Labute approximate surface area is 194 Å². The summed E-state index contributed by atoms with van der Waals surface area (Å²) < 4.78 is 87.3. The number of benzene rings is 3. The van der Waals surface area contributed by atoms with Crippen LogP contribution in [0.3, 0.4) is 0 Å². The van der Waals surface area contributed by atoms with Crippen LogP contribution in [0.25, 0.3) is 0 Å². The second-order valence-corrected chi connectivity index (χ2v) is 7.39. The fourth-order valence-corrected chi connectivity index (χ4v) is 3.18. The zero-order valence-electron chi connectivity index (χ0n) is 17.7. The summed E-state index contributed by atoms with van der Waals surface area (Å²) in [5.41, 5.74) is 0.195. The molecule has 3 aromatic carbocycles. The lowest BCUT2D eigenvalue weighted by Gasteiger charge is -2.09. The van der Waals surface area contributed by atoms with Crippen LogP contribution < -0.4 is 10.1 Å². The molecule has 11 heteroatoms. The van der Waals surface area contributed by atoms with Gasteiger partial charge < -0.3 is 10.1 Å². The summed E-state index contributed by atoms with van der Waals surface area (Å²) in [6.45, 7) is -0.634. The number of hydrogen-bond acceptors (Lipinski definition) is 3. The lowest BCUT2D eigenvalue weighted by Crippen LogP contribution is -2.12. The molecule has 0 aliphatic rings. The van der Waals surface area contributed by atoms with E-state index >= 15 is 0 Å². The Morgan fingerprint density at radius 1 is 0.914 bits per heavy atom. The molecule has 1 aromatic heterocycles. The van der Waals surface area contributed by atoms with E-state index in [-0.39, 0.29) is 29.7 Å². The SMILES string of the molecule is O=C(Nc1cnn(Cc2c(F)cc(F)c(F)c2F)c1)c1cccc(COc2ccc(F)cc2F)c1. The first-order chi connectivity index (χ1) is 16.7. The van der Waals surface area contributed by atoms with Crippen molar-refractivity contribution in [3.63, 3.8) is 0 Å². The van der Waals surface area contributed by atoms with Gasteiger partial charge in [0.2, 0.25) is 0 Å². The predicted octanol–water partition coefficient (Wildman–Crippen LogP) is 5.60. The van der Waals surface area contributed by atoms with Crippen molar-refractivity contribution < 1.29 is 35.9 Å². The molecule has 0 fully saturated rings. The van der Waals surface area contributed by atoms with Crippen LogP contribution in [0, 0.1) is 34.9 Å². The summed E-state index contributed by atoms with van der Waals surface area (Å²) in [4.78, 5) is 12.6. The van der Waals surface area contributed by atoms with Gasteiger partial charge in [0.05, 0.1) is 18.4 Å². The first-order valence-electron chi connectivity index (χ1n) is 10.0. The van der Waals surface area contributed by atoms with Crippen molar-refractivity contribution in [3.8, 4) is 5.75 Å². The van der Waals surface area contributed by atoms with Crippen molar-refractivity contribution in [2.45, 2.75) is 13.2 Å². The fraction of sp³-hybridized carbons (Fsp3) is 0.0833. The summed E-state index contributed by atoms with van der Waals surface area (Å²) in [7, 11) is 0. The molecule has 1 heterocycles. The Bertz CT molecular complexity index is 1410. The van der Waals surface area contributed by atoms with Gasteiger partial charge in [0.15, 0.2) is 29.0 Å². The van der Waals surface area contributed by atoms with Gasteiger partial charge in [0.1, 0.15) is 18.2 Å². The van der Waals surface area contributed by atoms with Gasteiger partial charge in [-0.15, -0.1) is 0 Å². The zero-order valence-corrected chi connectivity index (χ0v) is 17.7. The molecule has 0 aliphatic carbocycles. The van der Waals surface area contributed by atoms with Crippen molar-refractivity contribution in [1.82, 2.24) is 9.78 Å². The number of rotatable bonds is 7. The van der Waals surface area contributed by atoms with Crippen molar-refractivity contribution in [2.75, 3.05) is 5.32 Å². The minimum Gasteiger partial charge on any atom is -0.486 e. The molecule has 0 bridgehead atoms. The molecule has 180 valence electrons.